The van der Waals surface area contributed by atoms with E-state index < -0.39 is 0 Å². The number of aromatic nitrogens is 1. The summed E-state index contributed by atoms with van der Waals surface area (Å²) in [5.41, 5.74) is 4.54. The molecule has 4 nitrogen and oxygen atoms in total. The Hall–Kier alpha value is -3.01. The zero-order valence-corrected chi connectivity index (χ0v) is 17.0. The van der Waals surface area contributed by atoms with E-state index in [2.05, 4.69) is 35.9 Å². The van der Waals surface area contributed by atoms with Gasteiger partial charge in [-0.25, -0.2) is 0 Å². The van der Waals surface area contributed by atoms with Crippen LogP contribution in [0.5, 0.6) is 5.75 Å². The van der Waals surface area contributed by atoms with Crippen molar-refractivity contribution in [1.82, 2.24) is 9.88 Å². The van der Waals surface area contributed by atoms with Crippen molar-refractivity contribution in [2.24, 2.45) is 5.92 Å². The van der Waals surface area contributed by atoms with Gasteiger partial charge in [-0.3, -0.25) is 4.79 Å². The maximum atomic E-state index is 12.9. The topological polar surface area (TPSA) is 43.3 Å². The number of ether oxygens (including phenoxy) is 1. The fourth-order valence-electron chi connectivity index (χ4n) is 3.28. The molecule has 2 aromatic carbocycles. The van der Waals surface area contributed by atoms with E-state index in [9.17, 15) is 4.79 Å². The molecule has 0 spiro atoms. The Morgan fingerprint density at radius 1 is 1.07 bits per heavy atom. The Morgan fingerprint density at radius 2 is 1.75 bits per heavy atom. The normalized spacial score (nSPS) is 10.9. The highest BCUT2D eigenvalue weighted by molar-refractivity contribution is 5.97. The van der Waals surface area contributed by atoms with Gasteiger partial charge in [0.05, 0.1) is 23.6 Å². The van der Waals surface area contributed by atoms with Crippen LogP contribution in [0.1, 0.15) is 36.8 Å². The van der Waals surface area contributed by atoms with Gasteiger partial charge >= 0.3 is 0 Å². The Morgan fingerprint density at radius 3 is 2.43 bits per heavy atom. The van der Waals surface area contributed by atoms with Crippen LogP contribution in [0.4, 0.5) is 0 Å². The molecule has 0 aliphatic carbocycles. The number of benzene rings is 2. The number of nitrogens with zero attached hydrogens (tertiary/aromatic N) is 1. The largest absolute Gasteiger partial charge is 0.492 e. The molecule has 0 unspecified atom stereocenters. The molecule has 1 N–H and O–H groups in total. The van der Waals surface area contributed by atoms with Gasteiger partial charge in [0.25, 0.3) is 5.91 Å². The average Bonchev–Trinajstić information content (AvgIpc) is 3.04. The van der Waals surface area contributed by atoms with E-state index in [0.717, 1.165) is 28.4 Å². The van der Waals surface area contributed by atoms with Crippen molar-refractivity contribution in [3.63, 3.8) is 0 Å². The van der Waals surface area contributed by atoms with E-state index in [4.69, 9.17) is 4.74 Å². The lowest BCUT2D eigenvalue weighted by molar-refractivity contribution is 0.0948. The Bertz CT molecular complexity index is 942. The van der Waals surface area contributed by atoms with Gasteiger partial charge in [0, 0.05) is 12.2 Å². The lowest BCUT2D eigenvalue weighted by Gasteiger charge is -2.16. The number of para-hydroxylation sites is 2. The lowest BCUT2D eigenvalue weighted by Crippen LogP contribution is -2.27. The summed E-state index contributed by atoms with van der Waals surface area (Å²) in [7, 11) is 0. The van der Waals surface area contributed by atoms with E-state index in [1.54, 1.807) is 0 Å². The standard InChI is InChI=1S/C24H28N2O2/c1-5-28-23-14-10-9-13-21(23)26-18(4)20(24(27)25-16-17(2)3)15-22(26)19-11-7-6-8-12-19/h6-15,17H,5,16H2,1-4H3,(H,25,27). The maximum Gasteiger partial charge on any atom is 0.253 e. The van der Waals surface area contributed by atoms with Gasteiger partial charge in [0.2, 0.25) is 0 Å². The molecule has 0 radical (unpaired) electrons. The number of carbonyl (C=O) groups excluding carboxylic acids is 1. The minimum absolute atomic E-state index is 0.0453. The molecule has 1 aromatic heterocycles. The molecule has 0 fully saturated rings. The molecule has 28 heavy (non-hydrogen) atoms. The van der Waals surface area contributed by atoms with Gasteiger partial charge in [0.1, 0.15) is 5.75 Å². The first-order chi connectivity index (χ1) is 13.5. The third kappa shape index (κ3) is 4.11. The third-order valence-electron chi connectivity index (χ3n) is 4.64. The summed E-state index contributed by atoms with van der Waals surface area (Å²) in [5.74, 6) is 1.16. The molecule has 1 heterocycles. The SMILES string of the molecule is CCOc1ccccc1-n1c(-c2ccccc2)cc(C(=O)NCC(C)C)c1C. The van der Waals surface area contributed by atoms with Crippen LogP contribution in [0, 0.1) is 12.8 Å². The second-order valence-electron chi connectivity index (χ2n) is 7.23. The highest BCUT2D eigenvalue weighted by Gasteiger charge is 2.21. The minimum atomic E-state index is -0.0453. The summed E-state index contributed by atoms with van der Waals surface area (Å²) >= 11 is 0. The molecular weight excluding hydrogens is 348 g/mol. The summed E-state index contributed by atoms with van der Waals surface area (Å²) in [6.45, 7) is 9.37. The highest BCUT2D eigenvalue weighted by atomic mass is 16.5. The number of hydrogen-bond acceptors (Lipinski definition) is 2. The molecule has 0 saturated heterocycles. The van der Waals surface area contributed by atoms with E-state index in [-0.39, 0.29) is 5.91 Å². The molecule has 0 aliphatic heterocycles. The molecule has 0 bridgehead atoms. The average molecular weight is 377 g/mol. The van der Waals surface area contributed by atoms with Gasteiger partial charge in [-0.1, -0.05) is 56.3 Å². The number of amides is 1. The predicted molar refractivity (Wildman–Crippen MR) is 114 cm³/mol. The number of carbonyl (C=O) groups is 1. The second-order valence-corrected chi connectivity index (χ2v) is 7.23. The Balaban J connectivity index is 2.16. The quantitative estimate of drug-likeness (QED) is 0.613. The zero-order valence-electron chi connectivity index (χ0n) is 17.0. The van der Waals surface area contributed by atoms with Crippen LogP contribution in [0.2, 0.25) is 0 Å². The minimum Gasteiger partial charge on any atom is -0.492 e. The van der Waals surface area contributed by atoms with Crippen molar-refractivity contribution in [3.8, 4) is 22.7 Å². The number of hydrogen-bond donors (Lipinski definition) is 1. The number of rotatable bonds is 7. The van der Waals surface area contributed by atoms with Crippen LogP contribution >= 0.6 is 0 Å². The molecule has 146 valence electrons. The molecule has 4 heteroatoms. The number of nitrogens with one attached hydrogen (secondary N) is 1. The molecule has 3 aromatic rings. The van der Waals surface area contributed by atoms with Gasteiger partial charge in [-0.2, -0.15) is 0 Å². The summed E-state index contributed by atoms with van der Waals surface area (Å²) in [4.78, 5) is 12.9. The maximum absolute atomic E-state index is 12.9. The van der Waals surface area contributed by atoms with Crippen LogP contribution < -0.4 is 10.1 Å². The fourth-order valence-corrected chi connectivity index (χ4v) is 3.28. The predicted octanol–water partition coefficient (Wildman–Crippen LogP) is 5.24. The van der Waals surface area contributed by atoms with Gasteiger partial charge < -0.3 is 14.6 Å². The van der Waals surface area contributed by atoms with E-state index in [1.807, 2.05) is 62.4 Å². The monoisotopic (exact) mass is 376 g/mol. The fraction of sp³-hybridized carbons (Fsp3) is 0.292. The van der Waals surface area contributed by atoms with Crippen molar-refractivity contribution in [2.75, 3.05) is 13.2 Å². The van der Waals surface area contributed by atoms with Gasteiger partial charge in [0.15, 0.2) is 0 Å². The van der Waals surface area contributed by atoms with Crippen molar-refractivity contribution < 1.29 is 9.53 Å². The van der Waals surface area contributed by atoms with Crippen molar-refractivity contribution in [2.45, 2.75) is 27.7 Å². The van der Waals surface area contributed by atoms with Crippen LogP contribution in [0.25, 0.3) is 16.9 Å². The van der Waals surface area contributed by atoms with Crippen molar-refractivity contribution in [3.05, 3.63) is 71.9 Å². The summed E-state index contributed by atoms with van der Waals surface area (Å²) in [5, 5.41) is 3.04. The van der Waals surface area contributed by atoms with Gasteiger partial charge in [-0.15, -0.1) is 0 Å². The molecular formula is C24H28N2O2. The van der Waals surface area contributed by atoms with Crippen LogP contribution in [-0.2, 0) is 0 Å². The van der Waals surface area contributed by atoms with Crippen molar-refractivity contribution in [1.29, 1.82) is 0 Å². The first-order valence-corrected chi connectivity index (χ1v) is 9.81. The molecule has 0 atom stereocenters. The second kappa shape index (κ2) is 8.79. The summed E-state index contributed by atoms with van der Waals surface area (Å²) in [6, 6.07) is 20.1. The van der Waals surface area contributed by atoms with Gasteiger partial charge in [-0.05, 0) is 43.5 Å². The van der Waals surface area contributed by atoms with Crippen LogP contribution in [-0.4, -0.2) is 23.6 Å². The van der Waals surface area contributed by atoms with Crippen LogP contribution in [0.15, 0.2) is 60.7 Å². The third-order valence-corrected chi connectivity index (χ3v) is 4.64. The summed E-state index contributed by atoms with van der Waals surface area (Å²) in [6.07, 6.45) is 0. The Labute approximate surface area is 167 Å². The molecule has 0 aliphatic rings. The molecule has 1 amide bonds. The van der Waals surface area contributed by atoms with E-state index in [1.165, 1.54) is 0 Å². The lowest BCUT2D eigenvalue weighted by atomic mass is 10.1. The first kappa shape index (κ1) is 19.7. The van der Waals surface area contributed by atoms with Crippen molar-refractivity contribution >= 4 is 5.91 Å². The zero-order chi connectivity index (χ0) is 20.1. The smallest absolute Gasteiger partial charge is 0.253 e. The van der Waals surface area contributed by atoms with E-state index in [0.29, 0.717) is 24.6 Å². The molecule has 3 rings (SSSR count). The first-order valence-electron chi connectivity index (χ1n) is 9.81. The molecule has 0 saturated carbocycles. The Kier molecular flexibility index (Phi) is 6.19. The van der Waals surface area contributed by atoms with E-state index >= 15 is 0 Å². The highest BCUT2D eigenvalue weighted by Crippen LogP contribution is 2.33. The summed E-state index contributed by atoms with van der Waals surface area (Å²) < 4.78 is 7.98. The van der Waals surface area contributed by atoms with Crippen LogP contribution in [0.3, 0.4) is 0 Å².